The molecule has 1 aromatic rings. The molecular weight excluding hydrogens is 357 g/mol. The van der Waals surface area contributed by atoms with Crippen LogP contribution in [0.15, 0.2) is 18.2 Å². The van der Waals surface area contributed by atoms with Crippen LogP contribution in [0.5, 0.6) is 0 Å². The fourth-order valence-electron chi connectivity index (χ4n) is 2.74. The summed E-state index contributed by atoms with van der Waals surface area (Å²) in [6.45, 7) is 6.93. The molecule has 7 heteroatoms. The summed E-state index contributed by atoms with van der Waals surface area (Å²) >= 11 is 12.0. The van der Waals surface area contributed by atoms with Gasteiger partial charge in [-0.15, -0.1) is 12.4 Å². The van der Waals surface area contributed by atoms with Crippen molar-refractivity contribution >= 4 is 47.2 Å². The number of hydrogen-bond donors (Lipinski definition) is 2. The SMILES string of the molecule is CC1(C)CN(CCC(=O)Nc2cc(Cl)ccc2Cl)CCC1N.Cl. The van der Waals surface area contributed by atoms with Gasteiger partial charge in [0.25, 0.3) is 0 Å². The molecule has 1 heterocycles. The lowest BCUT2D eigenvalue weighted by atomic mass is 9.80. The van der Waals surface area contributed by atoms with Crippen LogP contribution >= 0.6 is 35.6 Å². The first-order valence-electron chi connectivity index (χ1n) is 7.51. The van der Waals surface area contributed by atoms with Crippen molar-refractivity contribution in [3.63, 3.8) is 0 Å². The molecule has 1 aliphatic heterocycles. The second-order valence-electron chi connectivity index (χ2n) is 6.58. The Hall–Kier alpha value is -0.520. The number of hydrogen-bond acceptors (Lipinski definition) is 3. The van der Waals surface area contributed by atoms with Crippen molar-refractivity contribution in [2.24, 2.45) is 11.1 Å². The van der Waals surface area contributed by atoms with Gasteiger partial charge in [0.2, 0.25) is 5.91 Å². The minimum absolute atomic E-state index is 0. The molecule has 1 unspecified atom stereocenters. The maximum atomic E-state index is 12.1. The van der Waals surface area contributed by atoms with E-state index in [-0.39, 0.29) is 29.8 Å². The summed E-state index contributed by atoms with van der Waals surface area (Å²) in [7, 11) is 0. The van der Waals surface area contributed by atoms with Crippen molar-refractivity contribution in [1.82, 2.24) is 4.90 Å². The summed E-state index contributed by atoms with van der Waals surface area (Å²) < 4.78 is 0. The third kappa shape index (κ3) is 5.80. The van der Waals surface area contributed by atoms with E-state index in [2.05, 4.69) is 24.1 Å². The van der Waals surface area contributed by atoms with Crippen LogP contribution < -0.4 is 11.1 Å². The van der Waals surface area contributed by atoms with Crippen LogP contribution in [0.3, 0.4) is 0 Å². The largest absolute Gasteiger partial charge is 0.327 e. The number of rotatable bonds is 4. The number of carbonyl (C=O) groups is 1. The van der Waals surface area contributed by atoms with Crippen molar-refractivity contribution in [2.75, 3.05) is 25.0 Å². The monoisotopic (exact) mass is 379 g/mol. The van der Waals surface area contributed by atoms with Crippen molar-refractivity contribution in [3.8, 4) is 0 Å². The van der Waals surface area contributed by atoms with E-state index >= 15 is 0 Å². The van der Waals surface area contributed by atoms with Gasteiger partial charge in [0, 0.05) is 30.6 Å². The molecule has 0 saturated carbocycles. The van der Waals surface area contributed by atoms with Crippen LogP contribution in [-0.4, -0.2) is 36.5 Å². The Balaban J connectivity index is 0.00000264. The molecule has 1 aliphatic rings. The number of piperidine rings is 1. The average molecular weight is 381 g/mol. The van der Waals surface area contributed by atoms with E-state index in [1.165, 1.54) is 0 Å². The Morgan fingerprint density at radius 3 is 2.78 bits per heavy atom. The maximum absolute atomic E-state index is 12.1. The number of amides is 1. The summed E-state index contributed by atoms with van der Waals surface area (Å²) in [4.78, 5) is 14.4. The van der Waals surface area contributed by atoms with E-state index in [9.17, 15) is 4.79 Å². The van der Waals surface area contributed by atoms with Crippen LogP contribution in [0.4, 0.5) is 5.69 Å². The van der Waals surface area contributed by atoms with Gasteiger partial charge < -0.3 is 16.0 Å². The first-order valence-corrected chi connectivity index (χ1v) is 8.26. The lowest BCUT2D eigenvalue weighted by Gasteiger charge is -2.42. The van der Waals surface area contributed by atoms with Crippen LogP contribution in [0.25, 0.3) is 0 Å². The smallest absolute Gasteiger partial charge is 0.225 e. The number of halogens is 3. The van der Waals surface area contributed by atoms with Crippen molar-refractivity contribution in [3.05, 3.63) is 28.2 Å². The molecule has 1 amide bonds. The van der Waals surface area contributed by atoms with E-state index in [0.717, 1.165) is 26.1 Å². The Bertz CT molecular complexity index is 551. The maximum Gasteiger partial charge on any atom is 0.225 e. The molecule has 1 atom stereocenters. The fraction of sp³-hybridized carbons (Fsp3) is 0.562. The first kappa shape index (κ1) is 20.5. The van der Waals surface area contributed by atoms with E-state index < -0.39 is 0 Å². The quantitative estimate of drug-likeness (QED) is 0.835. The van der Waals surface area contributed by atoms with Gasteiger partial charge in [-0.1, -0.05) is 37.0 Å². The van der Waals surface area contributed by atoms with Crippen LogP contribution in [-0.2, 0) is 4.79 Å². The highest BCUT2D eigenvalue weighted by Gasteiger charge is 2.33. The molecule has 4 nitrogen and oxygen atoms in total. The van der Waals surface area contributed by atoms with Crippen LogP contribution in [0, 0.1) is 5.41 Å². The number of nitrogens with two attached hydrogens (primary N) is 1. The zero-order chi connectivity index (χ0) is 16.3. The van der Waals surface area contributed by atoms with Gasteiger partial charge in [0.15, 0.2) is 0 Å². The topological polar surface area (TPSA) is 58.4 Å². The number of benzene rings is 1. The van der Waals surface area contributed by atoms with Crippen molar-refractivity contribution in [1.29, 1.82) is 0 Å². The summed E-state index contributed by atoms with van der Waals surface area (Å²) in [5, 5.41) is 3.85. The van der Waals surface area contributed by atoms with Crippen LogP contribution in [0.1, 0.15) is 26.7 Å². The fourth-order valence-corrected chi connectivity index (χ4v) is 3.08. The summed E-state index contributed by atoms with van der Waals surface area (Å²) in [5.41, 5.74) is 6.77. The molecule has 0 aliphatic carbocycles. The summed E-state index contributed by atoms with van der Waals surface area (Å²) in [5.74, 6) is -0.0585. The normalized spacial score (nSPS) is 20.7. The van der Waals surface area contributed by atoms with Gasteiger partial charge in [0.1, 0.15) is 0 Å². The van der Waals surface area contributed by atoms with E-state index in [0.29, 0.717) is 22.2 Å². The summed E-state index contributed by atoms with van der Waals surface area (Å²) in [6.07, 6.45) is 1.39. The predicted octanol–water partition coefficient (Wildman–Crippen LogP) is 3.80. The minimum atomic E-state index is -0.0585. The molecule has 1 saturated heterocycles. The molecule has 0 bridgehead atoms. The molecule has 23 heavy (non-hydrogen) atoms. The second-order valence-corrected chi connectivity index (χ2v) is 7.43. The molecule has 2 rings (SSSR count). The van der Waals surface area contributed by atoms with E-state index in [1.807, 2.05) is 0 Å². The van der Waals surface area contributed by atoms with Gasteiger partial charge in [0.05, 0.1) is 10.7 Å². The van der Waals surface area contributed by atoms with E-state index in [1.54, 1.807) is 18.2 Å². The Morgan fingerprint density at radius 1 is 1.43 bits per heavy atom. The average Bonchev–Trinajstić information content (AvgIpc) is 2.44. The number of anilines is 1. The van der Waals surface area contributed by atoms with Gasteiger partial charge in [-0.05, 0) is 36.6 Å². The standard InChI is InChI=1S/C16H23Cl2N3O.ClH/c1-16(2)10-21(7-5-14(16)19)8-6-15(22)20-13-9-11(17)3-4-12(13)18;/h3-4,9,14H,5-8,10,19H2,1-2H3,(H,20,22);1H. The van der Waals surface area contributed by atoms with Gasteiger partial charge >= 0.3 is 0 Å². The van der Waals surface area contributed by atoms with Crippen LogP contribution in [0.2, 0.25) is 10.0 Å². The molecule has 130 valence electrons. The lowest BCUT2D eigenvalue weighted by Crippen LogP contribution is -2.52. The molecule has 0 aromatic heterocycles. The Morgan fingerprint density at radius 2 is 2.13 bits per heavy atom. The minimum Gasteiger partial charge on any atom is -0.327 e. The Kier molecular flexibility index (Phi) is 7.62. The van der Waals surface area contributed by atoms with Gasteiger partial charge in [-0.3, -0.25) is 4.79 Å². The molecular formula is C16H24Cl3N3O. The zero-order valence-electron chi connectivity index (χ0n) is 13.4. The predicted molar refractivity (Wildman–Crippen MR) is 99.8 cm³/mol. The molecule has 0 radical (unpaired) electrons. The third-order valence-electron chi connectivity index (χ3n) is 4.25. The van der Waals surface area contributed by atoms with Crippen molar-refractivity contribution in [2.45, 2.75) is 32.7 Å². The van der Waals surface area contributed by atoms with E-state index in [4.69, 9.17) is 28.9 Å². The number of nitrogens with zero attached hydrogens (tertiary/aromatic N) is 1. The first-order chi connectivity index (χ1) is 10.3. The number of nitrogens with one attached hydrogen (secondary N) is 1. The second kappa shape index (κ2) is 8.54. The Labute approximate surface area is 154 Å². The zero-order valence-corrected chi connectivity index (χ0v) is 15.8. The number of carbonyl (C=O) groups excluding carboxylic acids is 1. The molecule has 0 spiro atoms. The highest BCUT2D eigenvalue weighted by molar-refractivity contribution is 6.35. The lowest BCUT2D eigenvalue weighted by molar-refractivity contribution is -0.116. The highest BCUT2D eigenvalue weighted by Crippen LogP contribution is 2.28. The molecule has 3 N–H and O–H groups in total. The molecule has 1 fully saturated rings. The van der Waals surface area contributed by atoms with Gasteiger partial charge in [-0.2, -0.15) is 0 Å². The number of likely N-dealkylation sites (tertiary alicyclic amines) is 1. The molecule has 1 aromatic carbocycles. The van der Waals surface area contributed by atoms with Crippen molar-refractivity contribution < 1.29 is 4.79 Å². The highest BCUT2D eigenvalue weighted by atomic mass is 35.5. The summed E-state index contributed by atoms with van der Waals surface area (Å²) in [6, 6.07) is 5.25. The third-order valence-corrected chi connectivity index (χ3v) is 4.81. The van der Waals surface area contributed by atoms with Gasteiger partial charge in [-0.25, -0.2) is 0 Å².